The molecule has 1 heterocycles. The number of hydrazine groups is 2. The second kappa shape index (κ2) is 9.60. The average molecular weight is 398 g/mol. The molecule has 1 atom stereocenters. The molecule has 3 rings (SSSR count). The Morgan fingerprint density at radius 1 is 1.21 bits per heavy atom. The molecule has 0 saturated carbocycles. The van der Waals surface area contributed by atoms with Gasteiger partial charge in [-0.15, -0.1) is 0 Å². The Balaban J connectivity index is 1.64. The molecule has 0 aromatic heterocycles. The molecule has 0 radical (unpaired) electrons. The maximum atomic E-state index is 12.8. The van der Waals surface area contributed by atoms with Crippen molar-refractivity contribution in [1.29, 1.82) is 0 Å². The lowest BCUT2D eigenvalue weighted by Crippen LogP contribution is -2.59. The summed E-state index contributed by atoms with van der Waals surface area (Å²) in [6, 6.07) is 13.3. The molecule has 2 aromatic rings. The quantitative estimate of drug-likeness (QED) is 0.507. The van der Waals surface area contributed by atoms with Gasteiger partial charge in [0.15, 0.2) is 0 Å². The number of hydrogen-bond donors (Lipinski definition) is 2. The molecule has 1 saturated heterocycles. The van der Waals surface area contributed by atoms with Crippen molar-refractivity contribution >= 4 is 28.4 Å². The zero-order valence-corrected chi connectivity index (χ0v) is 16.7. The normalized spacial score (nSPS) is 15.4. The zero-order valence-electron chi connectivity index (χ0n) is 16.7. The van der Waals surface area contributed by atoms with E-state index in [-0.39, 0.29) is 24.8 Å². The fourth-order valence-corrected chi connectivity index (χ4v) is 3.34. The summed E-state index contributed by atoms with van der Waals surface area (Å²) in [5.41, 5.74) is 3.98. The standard InChI is InChI=1S/C21H26N4O4/c1-15(21(28)29-2)25(23-24-11-10-18(26)14-24)20(27)13-22-12-17-8-5-7-16-6-3-4-9-19(16)17/h3-9,15,22-23H,10-14H2,1-2H3/t15-/m0/s1. The van der Waals surface area contributed by atoms with Gasteiger partial charge in [-0.3, -0.25) is 9.59 Å². The first-order valence-corrected chi connectivity index (χ1v) is 9.59. The number of ketones is 1. The van der Waals surface area contributed by atoms with Crippen molar-refractivity contribution in [2.24, 2.45) is 0 Å². The van der Waals surface area contributed by atoms with E-state index in [1.807, 2.05) is 42.5 Å². The van der Waals surface area contributed by atoms with Crippen LogP contribution < -0.4 is 10.9 Å². The number of esters is 1. The second-order valence-electron chi connectivity index (χ2n) is 7.01. The van der Waals surface area contributed by atoms with E-state index in [0.29, 0.717) is 19.5 Å². The monoisotopic (exact) mass is 398 g/mol. The molecule has 1 amide bonds. The van der Waals surface area contributed by atoms with Crippen LogP contribution in [-0.4, -0.2) is 60.5 Å². The minimum Gasteiger partial charge on any atom is -0.467 e. The number of carbonyl (C=O) groups excluding carboxylic acids is 3. The van der Waals surface area contributed by atoms with Crippen LogP contribution in [0.4, 0.5) is 0 Å². The summed E-state index contributed by atoms with van der Waals surface area (Å²) in [5.74, 6) is -0.766. The van der Waals surface area contributed by atoms with Crippen LogP contribution in [0.25, 0.3) is 10.8 Å². The van der Waals surface area contributed by atoms with Crippen molar-refractivity contribution in [1.82, 2.24) is 20.9 Å². The van der Waals surface area contributed by atoms with Gasteiger partial charge in [-0.25, -0.2) is 14.8 Å². The first-order chi connectivity index (χ1) is 14.0. The summed E-state index contributed by atoms with van der Waals surface area (Å²) in [6.07, 6.45) is 0.418. The lowest BCUT2D eigenvalue weighted by molar-refractivity contribution is -0.159. The fraction of sp³-hybridized carbons (Fsp3) is 0.381. The van der Waals surface area contributed by atoms with Gasteiger partial charge in [-0.2, -0.15) is 5.53 Å². The molecule has 8 nitrogen and oxygen atoms in total. The third-order valence-electron chi connectivity index (χ3n) is 4.95. The van der Waals surface area contributed by atoms with E-state index >= 15 is 0 Å². The van der Waals surface area contributed by atoms with Gasteiger partial charge >= 0.3 is 5.97 Å². The molecule has 0 bridgehead atoms. The number of methoxy groups -OCH3 is 1. The second-order valence-corrected chi connectivity index (χ2v) is 7.01. The van der Waals surface area contributed by atoms with E-state index in [1.54, 1.807) is 11.9 Å². The Morgan fingerprint density at radius 2 is 1.97 bits per heavy atom. The number of nitrogens with zero attached hydrogens (tertiary/aromatic N) is 2. The van der Waals surface area contributed by atoms with Crippen molar-refractivity contribution in [3.05, 3.63) is 48.0 Å². The third kappa shape index (κ3) is 5.17. The molecule has 0 spiro atoms. The lowest BCUT2D eigenvalue weighted by Gasteiger charge is -2.31. The van der Waals surface area contributed by atoms with Crippen molar-refractivity contribution < 1.29 is 19.1 Å². The molecule has 2 N–H and O–H groups in total. The summed E-state index contributed by atoms with van der Waals surface area (Å²) in [5, 5.41) is 8.27. The number of nitrogens with one attached hydrogen (secondary N) is 2. The maximum Gasteiger partial charge on any atom is 0.329 e. The van der Waals surface area contributed by atoms with Gasteiger partial charge in [0.05, 0.1) is 20.2 Å². The van der Waals surface area contributed by atoms with Crippen LogP contribution in [0.3, 0.4) is 0 Å². The number of ether oxygens (including phenoxy) is 1. The van der Waals surface area contributed by atoms with E-state index in [1.165, 1.54) is 12.1 Å². The maximum absolute atomic E-state index is 12.8. The molecular weight excluding hydrogens is 372 g/mol. The Hall–Kier alpha value is -2.81. The largest absolute Gasteiger partial charge is 0.467 e. The topological polar surface area (TPSA) is 91.0 Å². The summed E-state index contributed by atoms with van der Waals surface area (Å²) >= 11 is 0. The van der Waals surface area contributed by atoms with E-state index in [4.69, 9.17) is 4.74 Å². The van der Waals surface area contributed by atoms with Gasteiger partial charge in [0, 0.05) is 19.5 Å². The van der Waals surface area contributed by atoms with Crippen molar-refractivity contribution in [2.75, 3.05) is 26.7 Å². The van der Waals surface area contributed by atoms with Gasteiger partial charge in [0.1, 0.15) is 11.8 Å². The number of Topliss-reactive ketones (excluding diaryl/α,β-unsaturated/α-hetero) is 1. The summed E-state index contributed by atoms with van der Waals surface area (Å²) in [6.45, 7) is 2.80. The summed E-state index contributed by atoms with van der Waals surface area (Å²) in [4.78, 5) is 36.3. The molecular formula is C21H26N4O4. The number of benzene rings is 2. The van der Waals surface area contributed by atoms with Gasteiger partial charge in [0.2, 0.25) is 0 Å². The number of rotatable bonds is 8. The highest BCUT2D eigenvalue weighted by Crippen LogP contribution is 2.18. The predicted octanol–water partition coefficient (Wildman–Crippen LogP) is 1.01. The number of amides is 1. The molecule has 29 heavy (non-hydrogen) atoms. The molecule has 2 aromatic carbocycles. The number of fused-ring (bicyclic) bond motifs is 1. The van der Waals surface area contributed by atoms with Crippen LogP contribution in [0.15, 0.2) is 42.5 Å². The highest BCUT2D eigenvalue weighted by molar-refractivity contribution is 5.86. The van der Waals surface area contributed by atoms with Gasteiger partial charge in [0.25, 0.3) is 5.91 Å². The first-order valence-electron chi connectivity index (χ1n) is 9.59. The van der Waals surface area contributed by atoms with Crippen LogP contribution >= 0.6 is 0 Å². The summed E-state index contributed by atoms with van der Waals surface area (Å²) < 4.78 is 4.77. The number of hydrogen-bond acceptors (Lipinski definition) is 7. The lowest BCUT2D eigenvalue weighted by atomic mass is 10.0. The van der Waals surface area contributed by atoms with Crippen molar-refractivity contribution in [2.45, 2.75) is 25.9 Å². The molecule has 1 aliphatic rings. The van der Waals surface area contributed by atoms with Gasteiger partial charge < -0.3 is 10.1 Å². The summed E-state index contributed by atoms with van der Waals surface area (Å²) in [7, 11) is 1.28. The van der Waals surface area contributed by atoms with E-state index in [2.05, 4.69) is 10.9 Å². The highest BCUT2D eigenvalue weighted by Gasteiger charge is 2.30. The fourth-order valence-electron chi connectivity index (χ4n) is 3.34. The zero-order chi connectivity index (χ0) is 20.8. The molecule has 0 unspecified atom stereocenters. The molecule has 1 aliphatic heterocycles. The number of carbonyl (C=O) groups is 3. The van der Waals surface area contributed by atoms with Crippen LogP contribution in [0.2, 0.25) is 0 Å². The molecule has 1 fully saturated rings. The van der Waals surface area contributed by atoms with Crippen LogP contribution in [-0.2, 0) is 25.7 Å². The van der Waals surface area contributed by atoms with Gasteiger partial charge in [-0.1, -0.05) is 42.5 Å². The average Bonchev–Trinajstić information content (AvgIpc) is 3.15. The Bertz CT molecular complexity index is 896. The van der Waals surface area contributed by atoms with Crippen LogP contribution in [0.1, 0.15) is 18.9 Å². The van der Waals surface area contributed by atoms with E-state index < -0.39 is 12.0 Å². The SMILES string of the molecule is COC(=O)[C@H](C)N(NN1CCC(=O)C1)C(=O)CNCc1cccc2ccccc12. The van der Waals surface area contributed by atoms with Crippen molar-refractivity contribution in [3.63, 3.8) is 0 Å². The predicted molar refractivity (Wildman–Crippen MR) is 108 cm³/mol. The minimum absolute atomic E-state index is 0.0271. The van der Waals surface area contributed by atoms with E-state index in [0.717, 1.165) is 16.3 Å². The Kier molecular flexibility index (Phi) is 6.92. The third-order valence-corrected chi connectivity index (χ3v) is 4.95. The highest BCUT2D eigenvalue weighted by atomic mass is 16.5. The van der Waals surface area contributed by atoms with Crippen LogP contribution in [0.5, 0.6) is 0 Å². The van der Waals surface area contributed by atoms with Crippen LogP contribution in [0, 0.1) is 0 Å². The first kappa shape index (κ1) is 20.9. The molecule has 0 aliphatic carbocycles. The molecule has 154 valence electrons. The Morgan fingerprint density at radius 3 is 2.69 bits per heavy atom. The van der Waals surface area contributed by atoms with Gasteiger partial charge in [-0.05, 0) is 23.3 Å². The smallest absolute Gasteiger partial charge is 0.329 e. The Labute approximate surface area is 169 Å². The minimum atomic E-state index is -0.831. The molecule has 8 heteroatoms. The van der Waals surface area contributed by atoms with Crippen molar-refractivity contribution in [3.8, 4) is 0 Å². The van der Waals surface area contributed by atoms with E-state index in [9.17, 15) is 14.4 Å².